The van der Waals surface area contributed by atoms with Crippen LogP contribution in [0.5, 0.6) is 5.75 Å². The van der Waals surface area contributed by atoms with Crippen LogP contribution in [0.1, 0.15) is 59.8 Å². The Balaban J connectivity index is 1.79. The standard InChI is InChI=1S/C29H33NO4/c1-21(2)19-27(24-9-5-3-6-10-24)30-29(33)26-20-22(13-14-23(26)15-16-28(31)32)17-18-34-25-11-7-4-8-12-25/h3-14,20-21,27H,15-19H2,1-2H3,(H,30,33)(H,31,32). The Hall–Kier alpha value is -3.60. The summed E-state index contributed by atoms with van der Waals surface area (Å²) in [5.41, 5.74) is 3.30. The number of rotatable bonds is 12. The summed E-state index contributed by atoms with van der Waals surface area (Å²) < 4.78 is 5.81. The first-order valence-corrected chi connectivity index (χ1v) is 11.8. The van der Waals surface area contributed by atoms with Crippen LogP contribution < -0.4 is 10.1 Å². The lowest BCUT2D eigenvalue weighted by Crippen LogP contribution is -2.30. The van der Waals surface area contributed by atoms with Crippen LogP contribution in [0.2, 0.25) is 0 Å². The summed E-state index contributed by atoms with van der Waals surface area (Å²) in [6, 6.07) is 25.1. The predicted octanol–water partition coefficient (Wildman–Crippen LogP) is 5.84. The van der Waals surface area contributed by atoms with Gasteiger partial charge in [-0.1, -0.05) is 74.5 Å². The second-order valence-corrected chi connectivity index (χ2v) is 8.86. The van der Waals surface area contributed by atoms with Crippen LogP contribution in [0.4, 0.5) is 0 Å². The molecule has 0 aromatic heterocycles. The average molecular weight is 460 g/mol. The monoisotopic (exact) mass is 459 g/mol. The van der Waals surface area contributed by atoms with Crippen LogP contribution in [0.25, 0.3) is 0 Å². The fourth-order valence-corrected chi connectivity index (χ4v) is 3.92. The molecule has 5 nitrogen and oxygen atoms in total. The Labute approximate surface area is 201 Å². The van der Waals surface area contributed by atoms with Gasteiger partial charge in [-0.2, -0.15) is 0 Å². The van der Waals surface area contributed by atoms with Gasteiger partial charge < -0.3 is 15.2 Å². The highest BCUT2D eigenvalue weighted by molar-refractivity contribution is 5.96. The zero-order valence-corrected chi connectivity index (χ0v) is 19.9. The smallest absolute Gasteiger partial charge is 0.303 e. The third kappa shape index (κ3) is 7.77. The maximum Gasteiger partial charge on any atom is 0.303 e. The van der Waals surface area contributed by atoms with Gasteiger partial charge in [0.1, 0.15) is 5.75 Å². The molecule has 0 radical (unpaired) electrons. The largest absolute Gasteiger partial charge is 0.493 e. The van der Waals surface area contributed by atoms with Crippen molar-refractivity contribution in [2.45, 2.75) is 45.6 Å². The van der Waals surface area contributed by atoms with Crippen molar-refractivity contribution in [3.05, 3.63) is 101 Å². The molecular weight excluding hydrogens is 426 g/mol. The summed E-state index contributed by atoms with van der Waals surface area (Å²) in [5.74, 6) is 0.144. The number of carboxylic acid groups (broad SMARTS) is 1. The molecule has 0 saturated carbocycles. The number of benzene rings is 3. The molecule has 3 rings (SSSR count). The van der Waals surface area contributed by atoms with E-state index in [4.69, 9.17) is 9.84 Å². The van der Waals surface area contributed by atoms with Crippen molar-refractivity contribution in [3.8, 4) is 5.75 Å². The summed E-state index contributed by atoms with van der Waals surface area (Å²) in [6.45, 7) is 4.75. The zero-order chi connectivity index (χ0) is 24.3. The molecule has 178 valence electrons. The Bertz CT molecular complexity index is 1060. The minimum atomic E-state index is -0.881. The van der Waals surface area contributed by atoms with Crippen LogP contribution in [0.15, 0.2) is 78.9 Å². The SMILES string of the molecule is CC(C)CC(NC(=O)c1cc(CCOc2ccccc2)ccc1CCC(=O)O)c1ccccc1. The highest BCUT2D eigenvalue weighted by Crippen LogP contribution is 2.23. The van der Waals surface area contributed by atoms with Crippen molar-refractivity contribution < 1.29 is 19.4 Å². The van der Waals surface area contributed by atoms with E-state index in [1.165, 1.54) is 0 Å². The van der Waals surface area contributed by atoms with Crippen molar-refractivity contribution in [3.63, 3.8) is 0 Å². The molecule has 0 bridgehead atoms. The van der Waals surface area contributed by atoms with E-state index >= 15 is 0 Å². The number of carboxylic acids is 1. The van der Waals surface area contributed by atoms with E-state index in [0.29, 0.717) is 30.9 Å². The Kier molecular flexibility index (Phi) is 9.27. The molecule has 3 aromatic rings. The topological polar surface area (TPSA) is 75.6 Å². The molecule has 1 amide bonds. The molecule has 0 aliphatic rings. The van der Waals surface area contributed by atoms with Gasteiger partial charge in [-0.25, -0.2) is 0 Å². The molecule has 0 fully saturated rings. The number of para-hydroxylation sites is 1. The van der Waals surface area contributed by atoms with Crippen molar-refractivity contribution in [2.75, 3.05) is 6.61 Å². The molecule has 34 heavy (non-hydrogen) atoms. The van der Waals surface area contributed by atoms with E-state index in [1.54, 1.807) is 0 Å². The molecule has 0 aliphatic carbocycles. The van der Waals surface area contributed by atoms with Crippen LogP contribution in [-0.4, -0.2) is 23.6 Å². The number of amides is 1. The number of hydrogen-bond acceptors (Lipinski definition) is 3. The van der Waals surface area contributed by atoms with E-state index < -0.39 is 5.97 Å². The first-order chi connectivity index (χ1) is 16.4. The molecule has 3 aromatic carbocycles. The fraction of sp³-hybridized carbons (Fsp3) is 0.310. The van der Waals surface area contributed by atoms with Crippen molar-refractivity contribution in [1.82, 2.24) is 5.32 Å². The second-order valence-electron chi connectivity index (χ2n) is 8.86. The lowest BCUT2D eigenvalue weighted by atomic mass is 9.95. The van der Waals surface area contributed by atoms with E-state index in [0.717, 1.165) is 28.9 Å². The molecule has 0 heterocycles. The first kappa shape index (κ1) is 25.0. The van der Waals surface area contributed by atoms with Crippen molar-refractivity contribution in [1.29, 1.82) is 0 Å². The average Bonchev–Trinajstić information content (AvgIpc) is 2.83. The maximum atomic E-state index is 13.4. The van der Waals surface area contributed by atoms with Crippen LogP contribution in [0.3, 0.4) is 0 Å². The summed E-state index contributed by atoms with van der Waals surface area (Å²) in [6.07, 6.45) is 1.73. The zero-order valence-electron chi connectivity index (χ0n) is 19.9. The predicted molar refractivity (Wildman–Crippen MR) is 134 cm³/mol. The number of ether oxygens (including phenoxy) is 1. The van der Waals surface area contributed by atoms with Crippen molar-refractivity contribution in [2.24, 2.45) is 5.92 Å². The number of nitrogens with one attached hydrogen (secondary N) is 1. The van der Waals surface area contributed by atoms with Gasteiger partial charge in [0.15, 0.2) is 0 Å². The van der Waals surface area contributed by atoms with Gasteiger partial charge in [-0.05, 0) is 53.6 Å². The van der Waals surface area contributed by atoms with Gasteiger partial charge >= 0.3 is 5.97 Å². The molecule has 5 heteroatoms. The molecule has 0 saturated heterocycles. The Morgan fingerprint density at radius 1 is 0.912 bits per heavy atom. The molecule has 0 spiro atoms. The van der Waals surface area contributed by atoms with E-state index in [1.807, 2.05) is 78.9 Å². The van der Waals surface area contributed by atoms with Crippen LogP contribution in [-0.2, 0) is 17.6 Å². The van der Waals surface area contributed by atoms with E-state index in [2.05, 4.69) is 19.2 Å². The third-order valence-corrected chi connectivity index (χ3v) is 5.64. The Morgan fingerprint density at radius 2 is 1.59 bits per heavy atom. The van der Waals surface area contributed by atoms with Gasteiger partial charge in [0.25, 0.3) is 5.91 Å². The lowest BCUT2D eigenvalue weighted by Gasteiger charge is -2.22. The van der Waals surface area contributed by atoms with Gasteiger partial charge in [0.05, 0.1) is 12.6 Å². The first-order valence-electron chi connectivity index (χ1n) is 11.8. The minimum absolute atomic E-state index is 0.0230. The molecular formula is C29H33NO4. The normalized spacial score (nSPS) is 11.7. The summed E-state index contributed by atoms with van der Waals surface area (Å²) in [7, 11) is 0. The summed E-state index contributed by atoms with van der Waals surface area (Å²) in [5, 5.41) is 12.4. The molecule has 1 unspecified atom stereocenters. The summed E-state index contributed by atoms with van der Waals surface area (Å²) >= 11 is 0. The maximum absolute atomic E-state index is 13.4. The second kappa shape index (κ2) is 12.6. The number of carbonyl (C=O) groups is 2. The summed E-state index contributed by atoms with van der Waals surface area (Å²) in [4.78, 5) is 24.6. The third-order valence-electron chi connectivity index (χ3n) is 5.64. The number of aliphatic carboxylic acids is 1. The molecule has 1 atom stereocenters. The quantitative estimate of drug-likeness (QED) is 0.357. The Morgan fingerprint density at radius 3 is 2.24 bits per heavy atom. The van der Waals surface area contributed by atoms with E-state index in [9.17, 15) is 9.59 Å². The lowest BCUT2D eigenvalue weighted by molar-refractivity contribution is -0.136. The highest BCUT2D eigenvalue weighted by atomic mass is 16.5. The molecule has 0 aliphatic heterocycles. The number of carbonyl (C=O) groups excluding carboxylic acids is 1. The van der Waals surface area contributed by atoms with Crippen LogP contribution >= 0.6 is 0 Å². The number of hydrogen-bond donors (Lipinski definition) is 2. The van der Waals surface area contributed by atoms with Gasteiger partial charge in [-0.15, -0.1) is 0 Å². The van der Waals surface area contributed by atoms with Crippen LogP contribution in [0, 0.1) is 5.92 Å². The number of aryl methyl sites for hydroxylation is 1. The van der Waals surface area contributed by atoms with Crippen molar-refractivity contribution >= 4 is 11.9 Å². The van der Waals surface area contributed by atoms with E-state index in [-0.39, 0.29) is 18.4 Å². The van der Waals surface area contributed by atoms with Gasteiger partial charge in [0, 0.05) is 18.4 Å². The van der Waals surface area contributed by atoms with Gasteiger partial charge in [-0.3, -0.25) is 9.59 Å². The molecule has 2 N–H and O–H groups in total. The van der Waals surface area contributed by atoms with Gasteiger partial charge in [0.2, 0.25) is 0 Å². The highest BCUT2D eigenvalue weighted by Gasteiger charge is 2.20. The fourth-order valence-electron chi connectivity index (χ4n) is 3.92. The minimum Gasteiger partial charge on any atom is -0.493 e.